The summed E-state index contributed by atoms with van der Waals surface area (Å²) in [6.45, 7) is 9.04. The largest absolute Gasteiger partial charge is 0.490 e. The molecule has 0 aliphatic heterocycles. The first-order valence-corrected chi connectivity index (χ1v) is 9.58. The van der Waals surface area contributed by atoms with Crippen LogP contribution < -0.4 is 10.1 Å². The molecule has 0 saturated heterocycles. The van der Waals surface area contributed by atoms with Crippen LogP contribution in [0.2, 0.25) is 0 Å². The molecular weight excluding hydrogens is 368 g/mol. The number of β-amino-alcohol motifs (C(OH)–C–C–N with tert-alkyl or cyclic N) is 1. The monoisotopic (exact) mass is 398 g/mol. The van der Waals surface area contributed by atoms with E-state index in [4.69, 9.17) is 9.84 Å². The molecule has 0 aliphatic carbocycles. The van der Waals surface area contributed by atoms with Crippen LogP contribution in [0, 0.1) is 6.92 Å². The molecule has 3 rings (SSSR count). The highest BCUT2D eigenvalue weighted by Crippen LogP contribution is 2.26. The molecule has 0 bridgehead atoms. The van der Waals surface area contributed by atoms with Gasteiger partial charge in [-0.3, -0.25) is 0 Å². The minimum absolute atomic E-state index is 0.00125. The number of carbonyl (C=O) groups is 1. The number of carboxylic acid groups (broad SMARTS) is 1. The van der Waals surface area contributed by atoms with Gasteiger partial charge < -0.3 is 25.3 Å². The van der Waals surface area contributed by atoms with Crippen LogP contribution in [0.3, 0.4) is 0 Å². The Morgan fingerprint density at radius 3 is 2.41 bits per heavy atom. The molecule has 1 atom stereocenters. The lowest BCUT2D eigenvalue weighted by molar-refractivity contribution is 0.0697. The molecule has 1 aromatic heterocycles. The molecule has 3 aromatic rings. The number of aromatic amines is 1. The maximum absolute atomic E-state index is 10.2. The maximum Gasteiger partial charge on any atom is 0.335 e. The minimum atomic E-state index is -0.879. The summed E-state index contributed by atoms with van der Waals surface area (Å²) in [4.78, 5) is 13.5. The molecular formula is C23H30N2O4. The molecule has 0 radical (unpaired) electrons. The SMILES string of the molecule is Cc1cc2c(OCC(O)CNC(C)(C)C)cccc2[nH]1.O=C(O)c1ccccc1. The summed E-state index contributed by atoms with van der Waals surface area (Å²) >= 11 is 0. The molecule has 1 heterocycles. The second-order valence-electron chi connectivity index (χ2n) is 7.94. The van der Waals surface area contributed by atoms with E-state index < -0.39 is 12.1 Å². The second-order valence-corrected chi connectivity index (χ2v) is 7.94. The van der Waals surface area contributed by atoms with Crippen molar-refractivity contribution in [2.24, 2.45) is 0 Å². The number of ether oxygens (including phenoxy) is 1. The van der Waals surface area contributed by atoms with Crippen molar-refractivity contribution in [2.45, 2.75) is 39.3 Å². The quantitative estimate of drug-likeness (QED) is 0.504. The fourth-order valence-corrected chi connectivity index (χ4v) is 2.64. The number of benzene rings is 2. The Hall–Kier alpha value is -2.83. The zero-order valence-corrected chi connectivity index (χ0v) is 17.4. The molecule has 0 fully saturated rings. The molecule has 6 heteroatoms. The fourth-order valence-electron chi connectivity index (χ4n) is 2.64. The van der Waals surface area contributed by atoms with E-state index in [1.807, 2.05) is 25.1 Å². The van der Waals surface area contributed by atoms with Gasteiger partial charge in [-0.15, -0.1) is 0 Å². The van der Waals surface area contributed by atoms with Gasteiger partial charge in [0.05, 0.1) is 5.56 Å². The van der Waals surface area contributed by atoms with Gasteiger partial charge in [0.2, 0.25) is 0 Å². The fraction of sp³-hybridized carbons (Fsp3) is 0.348. The lowest BCUT2D eigenvalue weighted by Gasteiger charge is -2.23. The predicted molar refractivity (Wildman–Crippen MR) is 116 cm³/mol. The average Bonchev–Trinajstić information content (AvgIpc) is 3.06. The van der Waals surface area contributed by atoms with Gasteiger partial charge in [-0.2, -0.15) is 0 Å². The first kappa shape index (κ1) is 22.5. The number of aromatic nitrogens is 1. The van der Waals surface area contributed by atoms with E-state index in [2.05, 4.69) is 37.1 Å². The number of nitrogens with one attached hydrogen (secondary N) is 2. The number of hydrogen-bond acceptors (Lipinski definition) is 4. The highest BCUT2D eigenvalue weighted by atomic mass is 16.5. The molecule has 2 aromatic carbocycles. The summed E-state index contributed by atoms with van der Waals surface area (Å²) in [5, 5.41) is 22.7. The normalized spacial score (nSPS) is 12.2. The number of aliphatic hydroxyl groups excluding tert-OH is 1. The molecule has 29 heavy (non-hydrogen) atoms. The standard InChI is InChI=1S/C16H24N2O2.C7H6O2/c1-11-8-13-14(18-11)6-5-7-15(13)20-10-12(19)9-17-16(2,3)4;8-7(9)6-4-2-1-3-5-6/h5-8,12,17-19H,9-10H2,1-4H3;1-5H,(H,8,9). The number of carboxylic acids is 1. The third-order valence-electron chi connectivity index (χ3n) is 4.08. The van der Waals surface area contributed by atoms with E-state index in [9.17, 15) is 9.90 Å². The molecule has 156 valence electrons. The first-order valence-electron chi connectivity index (χ1n) is 9.58. The molecule has 0 aliphatic rings. The minimum Gasteiger partial charge on any atom is -0.490 e. The zero-order chi connectivity index (χ0) is 21.4. The van der Waals surface area contributed by atoms with Gasteiger partial charge in [0.1, 0.15) is 18.5 Å². The summed E-state index contributed by atoms with van der Waals surface area (Å²) in [5.41, 5.74) is 2.49. The van der Waals surface area contributed by atoms with E-state index in [1.54, 1.807) is 30.3 Å². The van der Waals surface area contributed by atoms with Gasteiger partial charge in [-0.1, -0.05) is 24.3 Å². The number of aromatic carboxylic acids is 1. The van der Waals surface area contributed by atoms with Crippen molar-refractivity contribution >= 4 is 16.9 Å². The Bertz CT molecular complexity index is 914. The van der Waals surface area contributed by atoms with Crippen molar-refractivity contribution in [2.75, 3.05) is 13.2 Å². The second kappa shape index (κ2) is 10.1. The number of aliphatic hydroxyl groups is 1. The number of aryl methyl sites for hydroxylation is 1. The topological polar surface area (TPSA) is 94.6 Å². The average molecular weight is 399 g/mol. The highest BCUT2D eigenvalue weighted by molar-refractivity contribution is 5.87. The summed E-state index contributed by atoms with van der Waals surface area (Å²) in [6, 6.07) is 16.3. The molecule has 0 amide bonds. The van der Waals surface area contributed by atoms with Crippen LogP contribution in [0.4, 0.5) is 0 Å². The van der Waals surface area contributed by atoms with Crippen LogP contribution in [-0.2, 0) is 0 Å². The van der Waals surface area contributed by atoms with Gasteiger partial charge in [0.25, 0.3) is 0 Å². The molecule has 6 nitrogen and oxygen atoms in total. The van der Waals surface area contributed by atoms with E-state index in [-0.39, 0.29) is 12.1 Å². The third-order valence-corrected chi connectivity index (χ3v) is 4.08. The lowest BCUT2D eigenvalue weighted by atomic mass is 10.1. The van der Waals surface area contributed by atoms with Crippen molar-refractivity contribution in [1.82, 2.24) is 10.3 Å². The third kappa shape index (κ3) is 7.60. The Morgan fingerprint density at radius 1 is 1.14 bits per heavy atom. The highest BCUT2D eigenvalue weighted by Gasteiger charge is 2.13. The number of hydrogen-bond donors (Lipinski definition) is 4. The van der Waals surface area contributed by atoms with Crippen molar-refractivity contribution in [3.8, 4) is 5.75 Å². The Morgan fingerprint density at radius 2 is 1.83 bits per heavy atom. The number of H-pyrrole nitrogens is 1. The van der Waals surface area contributed by atoms with Crippen LogP contribution in [0.5, 0.6) is 5.75 Å². The molecule has 0 saturated carbocycles. The van der Waals surface area contributed by atoms with E-state index in [0.717, 1.165) is 22.3 Å². The summed E-state index contributed by atoms with van der Waals surface area (Å²) in [7, 11) is 0. The van der Waals surface area contributed by atoms with E-state index >= 15 is 0 Å². The Kier molecular flexibility index (Phi) is 7.82. The van der Waals surface area contributed by atoms with Crippen LogP contribution in [0.25, 0.3) is 10.9 Å². The summed E-state index contributed by atoms with van der Waals surface area (Å²) in [6.07, 6.45) is -0.524. The maximum atomic E-state index is 10.2. The van der Waals surface area contributed by atoms with Gasteiger partial charge in [0.15, 0.2) is 0 Å². The number of rotatable bonds is 6. The summed E-state index contributed by atoms with van der Waals surface area (Å²) < 4.78 is 5.75. The van der Waals surface area contributed by atoms with Crippen LogP contribution in [-0.4, -0.2) is 46.0 Å². The smallest absolute Gasteiger partial charge is 0.335 e. The van der Waals surface area contributed by atoms with Crippen LogP contribution in [0.1, 0.15) is 36.8 Å². The van der Waals surface area contributed by atoms with E-state index in [0.29, 0.717) is 12.1 Å². The van der Waals surface area contributed by atoms with Crippen molar-refractivity contribution < 1.29 is 19.7 Å². The number of fused-ring (bicyclic) bond motifs is 1. The zero-order valence-electron chi connectivity index (χ0n) is 17.4. The van der Waals surface area contributed by atoms with Gasteiger partial charge in [-0.25, -0.2) is 4.79 Å². The molecule has 0 spiro atoms. The molecule has 1 unspecified atom stereocenters. The van der Waals surface area contributed by atoms with Crippen molar-refractivity contribution in [3.05, 3.63) is 65.9 Å². The predicted octanol–water partition coefficient (Wildman–Crippen LogP) is 3.99. The lowest BCUT2D eigenvalue weighted by Crippen LogP contribution is -2.42. The summed E-state index contributed by atoms with van der Waals surface area (Å²) in [5.74, 6) is -0.0720. The van der Waals surface area contributed by atoms with Crippen LogP contribution in [0.15, 0.2) is 54.6 Å². The Balaban J connectivity index is 0.000000278. The van der Waals surface area contributed by atoms with Crippen LogP contribution >= 0.6 is 0 Å². The van der Waals surface area contributed by atoms with Gasteiger partial charge in [0, 0.05) is 28.7 Å². The van der Waals surface area contributed by atoms with Gasteiger partial charge >= 0.3 is 5.97 Å². The van der Waals surface area contributed by atoms with E-state index in [1.165, 1.54) is 0 Å². The Labute approximate surface area is 171 Å². The van der Waals surface area contributed by atoms with Gasteiger partial charge in [-0.05, 0) is 58.0 Å². The first-order chi connectivity index (χ1) is 13.7. The molecule has 4 N–H and O–H groups in total. The van der Waals surface area contributed by atoms with Crippen molar-refractivity contribution in [1.29, 1.82) is 0 Å². The van der Waals surface area contributed by atoms with Crippen molar-refractivity contribution in [3.63, 3.8) is 0 Å².